The predicted octanol–water partition coefficient (Wildman–Crippen LogP) is 8.12. The predicted molar refractivity (Wildman–Crippen MR) is 159 cm³/mol. The fourth-order valence-electron chi connectivity index (χ4n) is 4.95. The molecule has 3 aromatic rings. The second-order valence-electron chi connectivity index (χ2n) is 10.3. The normalized spacial score (nSPS) is 11.8. The van der Waals surface area contributed by atoms with Crippen LogP contribution in [0, 0.1) is 0 Å². The topological polar surface area (TPSA) is 102 Å². The van der Waals surface area contributed by atoms with Crippen LogP contribution in [0.25, 0.3) is 10.8 Å². The van der Waals surface area contributed by atoms with Crippen molar-refractivity contribution in [2.24, 2.45) is 5.73 Å². The zero-order chi connectivity index (χ0) is 27.9. The first-order valence-electron chi connectivity index (χ1n) is 14.6. The van der Waals surface area contributed by atoms with Gasteiger partial charge in [-0.2, -0.15) is 0 Å². The minimum atomic E-state index is -0.786. The summed E-state index contributed by atoms with van der Waals surface area (Å²) in [7, 11) is 0. The molecule has 0 aliphatic carbocycles. The quantitative estimate of drug-likeness (QED) is 0.0872. The van der Waals surface area contributed by atoms with E-state index < -0.39 is 17.9 Å². The summed E-state index contributed by atoms with van der Waals surface area (Å²) in [6.45, 7) is 2.25. The van der Waals surface area contributed by atoms with Crippen molar-refractivity contribution in [2.45, 2.75) is 96.4 Å². The highest BCUT2D eigenvalue weighted by molar-refractivity contribution is 6.05. The molecule has 0 aliphatic rings. The third-order valence-electron chi connectivity index (χ3n) is 7.20. The van der Waals surface area contributed by atoms with Crippen molar-refractivity contribution < 1.29 is 19.4 Å². The maximum absolute atomic E-state index is 13.4. The van der Waals surface area contributed by atoms with Crippen LogP contribution in [0.5, 0.6) is 11.5 Å². The van der Waals surface area contributed by atoms with Gasteiger partial charge in [-0.3, -0.25) is 4.79 Å². The fraction of sp³-hybridized carbons (Fsp3) is 0.455. The molecule has 3 rings (SSSR count). The Kier molecular flexibility index (Phi) is 12.6. The van der Waals surface area contributed by atoms with Gasteiger partial charge in [0, 0.05) is 16.5 Å². The largest absolute Gasteiger partial charge is 0.506 e. The number of unbranched alkanes of at least 4 members (excludes halogenated alkanes) is 11. The minimum absolute atomic E-state index is 0.0787. The molecule has 0 fully saturated rings. The molecule has 1 amide bonds. The number of nitrogens with two attached hydrogens (primary N) is 1. The van der Waals surface area contributed by atoms with Crippen LogP contribution in [-0.2, 0) is 4.79 Å². The number of nitrogens with one attached hydrogen (secondary N) is 1. The van der Waals surface area contributed by atoms with Crippen LogP contribution in [0.1, 0.15) is 101 Å². The van der Waals surface area contributed by atoms with Crippen LogP contribution in [0.15, 0.2) is 60.7 Å². The Balaban J connectivity index is 1.57. The second kappa shape index (κ2) is 16.4. The lowest BCUT2D eigenvalue weighted by atomic mass is 10.0. The number of phenols is 1. The maximum atomic E-state index is 13.4. The van der Waals surface area contributed by atoms with E-state index in [2.05, 4.69) is 12.2 Å². The number of ether oxygens (including phenoxy) is 1. The van der Waals surface area contributed by atoms with Crippen LogP contribution >= 0.6 is 0 Å². The van der Waals surface area contributed by atoms with Crippen molar-refractivity contribution in [2.75, 3.05) is 5.32 Å². The Morgan fingerprint density at radius 1 is 0.795 bits per heavy atom. The van der Waals surface area contributed by atoms with Crippen molar-refractivity contribution in [1.29, 1.82) is 0 Å². The van der Waals surface area contributed by atoms with Crippen molar-refractivity contribution in [3.63, 3.8) is 0 Å². The molecule has 3 aromatic carbocycles. The van der Waals surface area contributed by atoms with E-state index in [1.165, 1.54) is 63.9 Å². The Bertz CT molecular complexity index is 1180. The van der Waals surface area contributed by atoms with E-state index in [0.29, 0.717) is 17.2 Å². The molecular formula is C33H44N2O4. The summed E-state index contributed by atoms with van der Waals surface area (Å²) in [6, 6.07) is 17.3. The second-order valence-corrected chi connectivity index (χ2v) is 10.3. The molecule has 210 valence electrons. The summed E-state index contributed by atoms with van der Waals surface area (Å²) in [6.07, 6.45) is 15.6. The number of anilines is 1. The van der Waals surface area contributed by atoms with E-state index in [4.69, 9.17) is 10.5 Å². The smallest absolute Gasteiger partial charge is 0.333 e. The van der Waals surface area contributed by atoms with E-state index in [1.807, 2.05) is 30.3 Å². The zero-order valence-corrected chi connectivity index (χ0v) is 23.3. The van der Waals surface area contributed by atoms with Gasteiger partial charge in [0.15, 0.2) is 0 Å². The van der Waals surface area contributed by atoms with Crippen LogP contribution in [0.3, 0.4) is 0 Å². The van der Waals surface area contributed by atoms with Gasteiger partial charge in [-0.25, -0.2) is 4.79 Å². The molecule has 1 unspecified atom stereocenters. The van der Waals surface area contributed by atoms with E-state index in [1.54, 1.807) is 24.3 Å². The molecule has 0 aromatic heterocycles. The summed E-state index contributed by atoms with van der Waals surface area (Å²) in [4.78, 5) is 25.3. The molecule has 0 spiro atoms. The number of fused-ring (bicyclic) bond motifs is 1. The summed E-state index contributed by atoms with van der Waals surface area (Å²) >= 11 is 0. The van der Waals surface area contributed by atoms with Gasteiger partial charge < -0.3 is 20.9 Å². The van der Waals surface area contributed by atoms with Crippen molar-refractivity contribution >= 4 is 28.3 Å². The summed E-state index contributed by atoms with van der Waals surface area (Å²) in [5.74, 6) is -1.23. The summed E-state index contributed by atoms with van der Waals surface area (Å²) in [5, 5.41) is 14.8. The van der Waals surface area contributed by atoms with Gasteiger partial charge in [0.25, 0.3) is 5.91 Å². The molecule has 0 saturated carbocycles. The monoisotopic (exact) mass is 532 g/mol. The molecule has 39 heavy (non-hydrogen) atoms. The number of benzene rings is 3. The molecule has 6 heteroatoms. The molecular weight excluding hydrogens is 488 g/mol. The van der Waals surface area contributed by atoms with Crippen LogP contribution in [-0.4, -0.2) is 23.0 Å². The van der Waals surface area contributed by atoms with E-state index in [0.717, 1.165) is 24.9 Å². The lowest BCUT2D eigenvalue weighted by Crippen LogP contribution is -2.33. The summed E-state index contributed by atoms with van der Waals surface area (Å²) in [5.41, 5.74) is 6.23. The molecule has 6 nitrogen and oxygen atoms in total. The van der Waals surface area contributed by atoms with Gasteiger partial charge >= 0.3 is 5.97 Å². The molecule has 1 atom stereocenters. The third-order valence-corrected chi connectivity index (χ3v) is 7.20. The fourth-order valence-corrected chi connectivity index (χ4v) is 4.95. The standard InChI is InChI=1S/C33H44N2O4/c1-2-3-4-5-6-7-8-9-10-11-12-16-23-29(35-25-19-14-13-15-20-25)33(38)39-30-24-28(32(34)37)31(36)27-22-18-17-21-26(27)30/h13-15,17-22,24,29,35-36H,2-12,16,23H2,1H3,(H2,34,37). The average molecular weight is 533 g/mol. The van der Waals surface area contributed by atoms with Gasteiger partial charge in [0.1, 0.15) is 17.5 Å². The lowest BCUT2D eigenvalue weighted by Gasteiger charge is -2.20. The van der Waals surface area contributed by atoms with Gasteiger partial charge in [0.05, 0.1) is 5.56 Å². The highest BCUT2D eigenvalue weighted by atomic mass is 16.5. The molecule has 0 bridgehead atoms. The molecule has 0 saturated heterocycles. The van der Waals surface area contributed by atoms with Gasteiger partial charge in [-0.1, -0.05) is 126 Å². The molecule has 4 N–H and O–H groups in total. The third kappa shape index (κ3) is 9.61. The summed E-state index contributed by atoms with van der Waals surface area (Å²) < 4.78 is 5.85. The first kappa shape index (κ1) is 30.0. The average Bonchev–Trinajstić information content (AvgIpc) is 2.94. The molecule has 0 heterocycles. The van der Waals surface area contributed by atoms with E-state index in [-0.39, 0.29) is 17.1 Å². The minimum Gasteiger partial charge on any atom is -0.506 e. The Morgan fingerprint density at radius 2 is 1.33 bits per heavy atom. The molecule has 0 radical (unpaired) electrons. The van der Waals surface area contributed by atoms with Gasteiger partial charge in [-0.05, 0) is 24.6 Å². The number of esters is 1. The number of carbonyl (C=O) groups excluding carboxylic acids is 2. The number of hydrogen-bond acceptors (Lipinski definition) is 5. The highest BCUT2D eigenvalue weighted by Crippen LogP contribution is 2.36. The Morgan fingerprint density at radius 3 is 1.92 bits per heavy atom. The number of primary amides is 1. The van der Waals surface area contributed by atoms with Crippen molar-refractivity contribution in [1.82, 2.24) is 0 Å². The van der Waals surface area contributed by atoms with Crippen LogP contribution < -0.4 is 15.8 Å². The van der Waals surface area contributed by atoms with Crippen LogP contribution in [0.4, 0.5) is 5.69 Å². The maximum Gasteiger partial charge on any atom is 0.333 e. The first-order chi connectivity index (χ1) is 19.0. The van der Waals surface area contributed by atoms with Gasteiger partial charge in [0.2, 0.25) is 0 Å². The number of hydrogen-bond donors (Lipinski definition) is 3. The highest BCUT2D eigenvalue weighted by Gasteiger charge is 2.23. The Hall–Kier alpha value is -3.54. The SMILES string of the molecule is CCCCCCCCCCCCCCC(Nc1ccccc1)C(=O)Oc1cc(C(N)=O)c(O)c2ccccc12. The van der Waals surface area contributed by atoms with E-state index >= 15 is 0 Å². The van der Waals surface area contributed by atoms with Crippen molar-refractivity contribution in [3.05, 3.63) is 66.2 Å². The Labute approximate surface area is 232 Å². The molecule has 0 aliphatic heterocycles. The lowest BCUT2D eigenvalue weighted by molar-refractivity contribution is -0.135. The number of amides is 1. The van der Waals surface area contributed by atoms with E-state index in [9.17, 15) is 14.7 Å². The number of aromatic hydroxyl groups is 1. The zero-order valence-electron chi connectivity index (χ0n) is 23.3. The number of carbonyl (C=O) groups is 2. The number of rotatable bonds is 18. The first-order valence-corrected chi connectivity index (χ1v) is 14.6. The van der Waals surface area contributed by atoms with Crippen LogP contribution in [0.2, 0.25) is 0 Å². The number of para-hydroxylation sites is 1. The van der Waals surface area contributed by atoms with Crippen molar-refractivity contribution in [3.8, 4) is 11.5 Å². The van der Waals surface area contributed by atoms with Gasteiger partial charge in [-0.15, -0.1) is 0 Å².